The van der Waals surface area contributed by atoms with E-state index in [1.165, 1.54) is 0 Å². The Kier molecular flexibility index (Phi) is 5.93. The number of ether oxygens (including phenoxy) is 1. The molecule has 1 heterocycles. The molecule has 3 aromatic rings. The fourth-order valence-electron chi connectivity index (χ4n) is 2.10. The number of nitrogens with one attached hydrogen (secondary N) is 1. The van der Waals surface area contributed by atoms with E-state index in [1.807, 2.05) is 36.4 Å². The Morgan fingerprint density at radius 3 is 2.46 bits per heavy atom. The van der Waals surface area contributed by atoms with Gasteiger partial charge in [-0.3, -0.25) is 5.32 Å². The molecule has 6 heteroatoms. The number of carbonyl (C=O) groups is 1. The zero-order valence-electron chi connectivity index (χ0n) is 13.9. The Morgan fingerprint density at radius 2 is 1.69 bits per heavy atom. The van der Waals surface area contributed by atoms with Crippen molar-refractivity contribution in [3.05, 3.63) is 90.1 Å². The van der Waals surface area contributed by atoms with Crippen LogP contribution in [0.3, 0.4) is 0 Å². The third kappa shape index (κ3) is 5.45. The molecule has 6 nitrogen and oxygen atoms in total. The maximum absolute atomic E-state index is 11.9. The summed E-state index contributed by atoms with van der Waals surface area (Å²) >= 11 is 0. The van der Waals surface area contributed by atoms with Crippen molar-refractivity contribution in [1.82, 2.24) is 4.98 Å². The molecular weight excluding hydrogens is 330 g/mol. The lowest BCUT2D eigenvalue weighted by molar-refractivity contribution is 0.129. The lowest BCUT2D eigenvalue weighted by atomic mass is 10.2. The van der Waals surface area contributed by atoms with Crippen LogP contribution in [-0.2, 0) is 11.4 Å². The molecule has 0 aliphatic carbocycles. The Hall–Kier alpha value is -3.67. The normalized spacial score (nSPS) is 10.5. The van der Waals surface area contributed by atoms with Gasteiger partial charge in [-0.15, -0.1) is 0 Å². The topological polar surface area (TPSA) is 72.8 Å². The average Bonchev–Trinajstić information content (AvgIpc) is 2.67. The second-order valence-corrected chi connectivity index (χ2v) is 5.26. The summed E-state index contributed by atoms with van der Waals surface area (Å²) in [5.41, 5.74) is 1.58. The Morgan fingerprint density at radius 1 is 0.962 bits per heavy atom. The molecule has 0 spiro atoms. The fourth-order valence-corrected chi connectivity index (χ4v) is 2.10. The molecule has 0 radical (unpaired) electrons. The molecule has 1 aromatic heterocycles. The van der Waals surface area contributed by atoms with Crippen molar-refractivity contribution in [3.8, 4) is 5.75 Å². The second-order valence-electron chi connectivity index (χ2n) is 5.26. The van der Waals surface area contributed by atoms with E-state index in [1.54, 1.807) is 48.7 Å². The molecule has 1 N–H and O–H groups in total. The van der Waals surface area contributed by atoms with Gasteiger partial charge in [-0.05, 0) is 29.8 Å². The number of amides is 1. The quantitative estimate of drug-likeness (QED) is 0.534. The van der Waals surface area contributed by atoms with E-state index < -0.39 is 6.09 Å². The molecule has 0 fully saturated rings. The highest BCUT2D eigenvalue weighted by molar-refractivity contribution is 5.85. The van der Waals surface area contributed by atoms with Crippen molar-refractivity contribution in [1.29, 1.82) is 0 Å². The summed E-state index contributed by atoms with van der Waals surface area (Å²) in [5.74, 6) is 0.832. The van der Waals surface area contributed by atoms with E-state index in [-0.39, 0.29) is 6.61 Å². The minimum absolute atomic E-state index is 0.187. The van der Waals surface area contributed by atoms with E-state index in [4.69, 9.17) is 9.57 Å². The van der Waals surface area contributed by atoms with E-state index in [0.29, 0.717) is 17.3 Å². The van der Waals surface area contributed by atoms with Gasteiger partial charge in [0.15, 0.2) is 6.61 Å². The Labute approximate surface area is 151 Å². The molecule has 0 aliphatic rings. The number of oxime groups is 1. The number of benzene rings is 2. The smallest absolute Gasteiger partial charge is 0.410 e. The van der Waals surface area contributed by atoms with Crippen LogP contribution in [-0.4, -0.2) is 17.3 Å². The van der Waals surface area contributed by atoms with Crippen molar-refractivity contribution in [3.63, 3.8) is 0 Å². The van der Waals surface area contributed by atoms with Crippen LogP contribution in [0.4, 0.5) is 10.6 Å². The van der Waals surface area contributed by atoms with Gasteiger partial charge in [0, 0.05) is 0 Å². The Balaban J connectivity index is 1.51. The zero-order chi connectivity index (χ0) is 18.0. The molecule has 2 aromatic carbocycles. The van der Waals surface area contributed by atoms with Crippen LogP contribution in [0, 0.1) is 0 Å². The van der Waals surface area contributed by atoms with Gasteiger partial charge in [0.1, 0.15) is 11.6 Å². The van der Waals surface area contributed by atoms with Crippen LogP contribution in [0.5, 0.6) is 5.75 Å². The SMILES string of the molecule is O=C(Nc1cccc(CON=Cc2ccccc2)n1)Oc1ccccc1. The minimum Gasteiger partial charge on any atom is -0.410 e. The first-order chi connectivity index (χ1) is 12.8. The van der Waals surface area contributed by atoms with Gasteiger partial charge in [-0.25, -0.2) is 9.78 Å². The molecule has 26 heavy (non-hydrogen) atoms. The largest absolute Gasteiger partial charge is 0.418 e. The standard InChI is InChI=1S/C20H17N3O3/c24-20(26-18-11-5-2-6-12-18)23-19-13-7-10-17(22-19)15-25-21-14-16-8-3-1-4-9-16/h1-14H,15H2,(H,22,23,24). The van der Waals surface area contributed by atoms with Gasteiger partial charge in [0.05, 0.1) is 11.9 Å². The van der Waals surface area contributed by atoms with Gasteiger partial charge in [-0.1, -0.05) is 59.8 Å². The molecule has 0 saturated heterocycles. The summed E-state index contributed by atoms with van der Waals surface area (Å²) < 4.78 is 5.16. The number of nitrogens with zero attached hydrogens (tertiary/aromatic N) is 2. The first kappa shape index (κ1) is 17.2. The van der Waals surface area contributed by atoms with Gasteiger partial charge in [0.2, 0.25) is 0 Å². The number of hydrogen-bond donors (Lipinski definition) is 1. The van der Waals surface area contributed by atoms with Gasteiger partial charge in [-0.2, -0.15) is 0 Å². The van der Waals surface area contributed by atoms with Crippen LogP contribution in [0.25, 0.3) is 0 Å². The monoisotopic (exact) mass is 347 g/mol. The highest BCUT2D eigenvalue weighted by atomic mass is 16.6. The maximum Gasteiger partial charge on any atom is 0.418 e. The number of rotatable bonds is 6. The van der Waals surface area contributed by atoms with Crippen LogP contribution in [0.2, 0.25) is 0 Å². The summed E-state index contributed by atoms with van der Waals surface area (Å²) in [6, 6.07) is 23.7. The number of para-hydroxylation sites is 1. The lowest BCUT2D eigenvalue weighted by Crippen LogP contribution is -2.17. The molecule has 0 bridgehead atoms. The van der Waals surface area contributed by atoms with E-state index in [0.717, 1.165) is 5.56 Å². The molecule has 130 valence electrons. The van der Waals surface area contributed by atoms with Crippen LogP contribution >= 0.6 is 0 Å². The summed E-state index contributed by atoms with van der Waals surface area (Å²) in [5, 5.41) is 6.49. The number of anilines is 1. The highest BCUT2D eigenvalue weighted by Gasteiger charge is 2.06. The number of pyridine rings is 1. The third-order valence-electron chi connectivity index (χ3n) is 3.28. The Bertz CT molecular complexity index is 868. The van der Waals surface area contributed by atoms with Crippen molar-refractivity contribution in [2.75, 3.05) is 5.32 Å². The molecule has 0 saturated carbocycles. The predicted octanol–water partition coefficient (Wildman–Crippen LogP) is 4.24. The molecule has 0 atom stereocenters. The lowest BCUT2D eigenvalue weighted by Gasteiger charge is -2.07. The average molecular weight is 347 g/mol. The molecule has 3 rings (SSSR count). The predicted molar refractivity (Wildman–Crippen MR) is 99.2 cm³/mol. The van der Waals surface area contributed by atoms with Crippen molar-refractivity contribution < 1.29 is 14.4 Å². The van der Waals surface area contributed by atoms with E-state index in [2.05, 4.69) is 15.5 Å². The van der Waals surface area contributed by atoms with Gasteiger partial charge < -0.3 is 9.57 Å². The summed E-state index contributed by atoms with van der Waals surface area (Å²) in [4.78, 5) is 21.4. The van der Waals surface area contributed by atoms with Gasteiger partial charge >= 0.3 is 6.09 Å². The number of aromatic nitrogens is 1. The molecule has 0 unspecified atom stereocenters. The van der Waals surface area contributed by atoms with Crippen LogP contribution in [0.15, 0.2) is 84.0 Å². The first-order valence-corrected chi connectivity index (χ1v) is 8.00. The van der Waals surface area contributed by atoms with Crippen molar-refractivity contribution in [2.45, 2.75) is 6.61 Å². The fraction of sp³-hybridized carbons (Fsp3) is 0.0500. The molecule has 1 amide bonds. The molecule has 0 aliphatic heterocycles. The van der Waals surface area contributed by atoms with Crippen LogP contribution < -0.4 is 10.1 Å². The van der Waals surface area contributed by atoms with Crippen molar-refractivity contribution >= 4 is 18.1 Å². The maximum atomic E-state index is 11.9. The molecular formula is C20H17N3O3. The van der Waals surface area contributed by atoms with Crippen LogP contribution in [0.1, 0.15) is 11.3 Å². The zero-order valence-corrected chi connectivity index (χ0v) is 13.9. The summed E-state index contributed by atoms with van der Waals surface area (Å²) in [6.45, 7) is 0.187. The first-order valence-electron chi connectivity index (χ1n) is 8.00. The summed E-state index contributed by atoms with van der Waals surface area (Å²) in [6.07, 6.45) is 1.02. The number of carbonyl (C=O) groups excluding carboxylic acids is 1. The van der Waals surface area contributed by atoms with Crippen molar-refractivity contribution in [2.24, 2.45) is 5.16 Å². The van der Waals surface area contributed by atoms with E-state index in [9.17, 15) is 4.79 Å². The summed E-state index contributed by atoms with van der Waals surface area (Å²) in [7, 11) is 0. The minimum atomic E-state index is -0.608. The highest BCUT2D eigenvalue weighted by Crippen LogP contribution is 2.11. The van der Waals surface area contributed by atoms with E-state index >= 15 is 0 Å². The number of hydrogen-bond acceptors (Lipinski definition) is 5. The third-order valence-corrected chi connectivity index (χ3v) is 3.28. The van der Waals surface area contributed by atoms with Gasteiger partial charge in [0.25, 0.3) is 0 Å². The second kappa shape index (κ2) is 8.98.